The van der Waals surface area contributed by atoms with E-state index in [1.165, 1.54) is 11.3 Å². The van der Waals surface area contributed by atoms with Crippen molar-refractivity contribution in [1.29, 1.82) is 0 Å². The molecule has 0 saturated carbocycles. The van der Waals surface area contributed by atoms with Gasteiger partial charge in [-0.05, 0) is 24.6 Å². The summed E-state index contributed by atoms with van der Waals surface area (Å²) in [4.78, 5) is 39.4. The van der Waals surface area contributed by atoms with E-state index in [2.05, 4.69) is 10.3 Å². The fraction of sp³-hybridized carbons (Fsp3) is 0.190. The summed E-state index contributed by atoms with van der Waals surface area (Å²) in [7, 11) is 0. The highest BCUT2D eigenvalue weighted by atomic mass is 35.5. The number of amides is 1. The van der Waals surface area contributed by atoms with E-state index in [0.29, 0.717) is 22.9 Å². The molecule has 4 aromatic rings. The molecule has 2 aromatic carbocycles. The van der Waals surface area contributed by atoms with Crippen LogP contribution in [0.2, 0.25) is 5.02 Å². The van der Waals surface area contributed by atoms with Gasteiger partial charge in [-0.3, -0.25) is 14.2 Å². The molecule has 2 heterocycles. The maximum Gasteiger partial charge on any atom is 0.326 e. The largest absolute Gasteiger partial charge is 0.464 e. The Balaban J connectivity index is 1.26. The summed E-state index contributed by atoms with van der Waals surface area (Å²) in [6.07, 6.45) is 0.476. The predicted octanol–water partition coefficient (Wildman–Crippen LogP) is 3.56. The Morgan fingerprint density at radius 1 is 1.13 bits per heavy atom. The van der Waals surface area contributed by atoms with Crippen molar-refractivity contribution in [1.82, 2.24) is 14.9 Å². The first-order valence-corrected chi connectivity index (χ1v) is 10.5. The third-order valence-corrected chi connectivity index (χ3v) is 6.28. The van der Waals surface area contributed by atoms with Gasteiger partial charge in [0.05, 0.1) is 22.7 Å². The average Bonchev–Trinajstić information content (AvgIpc) is 3.26. The monoisotopic (exact) mass is 443 g/mol. The van der Waals surface area contributed by atoms with Crippen LogP contribution in [0.25, 0.3) is 21.1 Å². The number of nitrogens with zero attached hydrogens (tertiary/aromatic N) is 1. The van der Waals surface area contributed by atoms with E-state index in [1.54, 1.807) is 4.57 Å². The zero-order valence-electron chi connectivity index (χ0n) is 15.8. The van der Waals surface area contributed by atoms with Gasteiger partial charge in [-0.2, -0.15) is 0 Å². The standard InChI is InChI=1S/C21H18ClN3O4S/c22-18-13-6-1-4-9-16(13)30-19(18)20(27)23-12-17(26)29-11-5-10-25-15-8-3-2-7-14(15)24-21(25)28/h1-4,6-9H,5,10-12H2,(H,23,27)(H,24,28). The van der Waals surface area contributed by atoms with Gasteiger partial charge in [0, 0.05) is 16.6 Å². The summed E-state index contributed by atoms with van der Waals surface area (Å²) >= 11 is 7.55. The molecule has 0 unspecified atom stereocenters. The number of benzene rings is 2. The highest BCUT2D eigenvalue weighted by Gasteiger charge is 2.17. The lowest BCUT2D eigenvalue weighted by Crippen LogP contribution is -2.30. The van der Waals surface area contributed by atoms with Crippen LogP contribution in [0.3, 0.4) is 0 Å². The molecule has 9 heteroatoms. The number of hydrogen-bond donors (Lipinski definition) is 2. The number of hydrogen-bond acceptors (Lipinski definition) is 5. The second kappa shape index (κ2) is 8.73. The zero-order valence-corrected chi connectivity index (χ0v) is 17.4. The van der Waals surface area contributed by atoms with Gasteiger partial charge in [0.25, 0.3) is 5.91 Å². The number of nitrogens with one attached hydrogen (secondary N) is 2. The number of ether oxygens (including phenoxy) is 1. The summed E-state index contributed by atoms with van der Waals surface area (Å²) in [6, 6.07) is 14.9. The molecule has 4 rings (SSSR count). The number of H-pyrrole nitrogens is 1. The van der Waals surface area contributed by atoms with Gasteiger partial charge in [-0.25, -0.2) is 4.79 Å². The minimum absolute atomic E-state index is 0.143. The number of thiophene rings is 1. The topological polar surface area (TPSA) is 93.2 Å². The number of esters is 1. The Kier molecular flexibility index (Phi) is 5.87. The van der Waals surface area contributed by atoms with Crippen molar-refractivity contribution in [3.8, 4) is 0 Å². The molecule has 1 amide bonds. The Morgan fingerprint density at radius 2 is 1.90 bits per heavy atom. The van der Waals surface area contributed by atoms with Crippen molar-refractivity contribution in [2.24, 2.45) is 0 Å². The predicted molar refractivity (Wildman–Crippen MR) is 117 cm³/mol. The van der Waals surface area contributed by atoms with Gasteiger partial charge < -0.3 is 15.0 Å². The number of fused-ring (bicyclic) bond motifs is 2. The highest BCUT2D eigenvalue weighted by Crippen LogP contribution is 2.34. The van der Waals surface area contributed by atoms with Crippen LogP contribution in [0.5, 0.6) is 0 Å². The second-order valence-electron chi connectivity index (χ2n) is 6.60. The van der Waals surface area contributed by atoms with E-state index >= 15 is 0 Å². The van der Waals surface area contributed by atoms with E-state index in [0.717, 1.165) is 21.1 Å². The van der Waals surface area contributed by atoms with E-state index in [4.69, 9.17) is 16.3 Å². The Hall–Kier alpha value is -3.10. The molecule has 0 atom stereocenters. The van der Waals surface area contributed by atoms with Gasteiger partial charge in [0.1, 0.15) is 11.4 Å². The van der Waals surface area contributed by atoms with Crippen LogP contribution in [-0.4, -0.2) is 34.6 Å². The first-order chi connectivity index (χ1) is 14.5. The van der Waals surface area contributed by atoms with Gasteiger partial charge in [0.2, 0.25) is 0 Å². The molecule has 0 aliphatic heterocycles. The molecule has 2 N–H and O–H groups in total. The van der Waals surface area contributed by atoms with E-state index < -0.39 is 11.9 Å². The molecule has 0 spiro atoms. The number of halogens is 1. The number of carbonyl (C=O) groups is 2. The SMILES string of the molecule is O=C(CNC(=O)c1sc2ccccc2c1Cl)OCCCn1c(=O)[nH]c2ccccc21. The maximum absolute atomic E-state index is 12.4. The lowest BCUT2D eigenvalue weighted by Gasteiger charge is -2.07. The number of rotatable bonds is 7. The normalized spacial score (nSPS) is 11.1. The Labute approximate surface area is 180 Å². The number of aromatic nitrogens is 2. The molecule has 30 heavy (non-hydrogen) atoms. The van der Waals surface area contributed by atoms with Crippen molar-refractivity contribution < 1.29 is 14.3 Å². The van der Waals surface area contributed by atoms with Crippen LogP contribution in [0.4, 0.5) is 0 Å². The zero-order chi connectivity index (χ0) is 21.1. The fourth-order valence-electron chi connectivity index (χ4n) is 3.18. The van der Waals surface area contributed by atoms with Gasteiger partial charge >= 0.3 is 11.7 Å². The Morgan fingerprint density at radius 3 is 2.73 bits per heavy atom. The molecule has 2 aromatic heterocycles. The lowest BCUT2D eigenvalue weighted by atomic mass is 10.2. The van der Waals surface area contributed by atoms with Gasteiger partial charge in [0.15, 0.2) is 0 Å². The third-order valence-electron chi connectivity index (χ3n) is 4.61. The van der Waals surface area contributed by atoms with Crippen LogP contribution in [0.15, 0.2) is 53.3 Å². The van der Waals surface area contributed by atoms with Crippen LogP contribution >= 0.6 is 22.9 Å². The van der Waals surface area contributed by atoms with Crippen molar-refractivity contribution in [3.05, 3.63) is 68.9 Å². The molecule has 0 saturated heterocycles. The van der Waals surface area contributed by atoms with Crippen LogP contribution in [0.1, 0.15) is 16.1 Å². The quantitative estimate of drug-likeness (QED) is 0.337. The van der Waals surface area contributed by atoms with Crippen molar-refractivity contribution in [2.75, 3.05) is 13.2 Å². The summed E-state index contributed by atoms with van der Waals surface area (Å²) in [5.74, 6) is -0.963. The smallest absolute Gasteiger partial charge is 0.326 e. The van der Waals surface area contributed by atoms with E-state index in [1.807, 2.05) is 48.5 Å². The summed E-state index contributed by atoms with van der Waals surface area (Å²) in [5, 5.41) is 3.73. The van der Waals surface area contributed by atoms with E-state index in [9.17, 15) is 14.4 Å². The molecular weight excluding hydrogens is 426 g/mol. The molecule has 0 fully saturated rings. The van der Waals surface area contributed by atoms with Crippen molar-refractivity contribution in [2.45, 2.75) is 13.0 Å². The van der Waals surface area contributed by atoms with Crippen LogP contribution in [0, 0.1) is 0 Å². The number of aryl methyl sites for hydroxylation is 1. The highest BCUT2D eigenvalue weighted by molar-refractivity contribution is 7.21. The molecule has 0 radical (unpaired) electrons. The molecule has 0 aliphatic rings. The molecule has 7 nitrogen and oxygen atoms in total. The summed E-state index contributed by atoms with van der Waals surface area (Å²) < 4.78 is 7.67. The fourth-order valence-corrected chi connectivity index (χ4v) is 4.61. The van der Waals surface area contributed by atoms with Crippen molar-refractivity contribution in [3.63, 3.8) is 0 Å². The lowest BCUT2D eigenvalue weighted by molar-refractivity contribution is -0.142. The molecule has 0 bridgehead atoms. The minimum Gasteiger partial charge on any atom is -0.464 e. The minimum atomic E-state index is -0.549. The second-order valence-corrected chi connectivity index (χ2v) is 8.03. The maximum atomic E-state index is 12.4. The van der Waals surface area contributed by atoms with Gasteiger partial charge in [-0.15, -0.1) is 11.3 Å². The summed E-state index contributed by atoms with van der Waals surface area (Å²) in [6.45, 7) is 0.306. The Bertz CT molecular complexity index is 1290. The number of para-hydroxylation sites is 2. The number of carbonyl (C=O) groups excluding carboxylic acids is 2. The van der Waals surface area contributed by atoms with Crippen LogP contribution in [-0.2, 0) is 16.1 Å². The van der Waals surface area contributed by atoms with Crippen molar-refractivity contribution >= 4 is 55.9 Å². The average molecular weight is 444 g/mol. The van der Waals surface area contributed by atoms with Gasteiger partial charge in [-0.1, -0.05) is 41.9 Å². The first kappa shape index (κ1) is 20.2. The summed E-state index contributed by atoms with van der Waals surface area (Å²) in [5.41, 5.74) is 1.37. The third kappa shape index (κ3) is 4.10. The number of imidazole rings is 1. The van der Waals surface area contributed by atoms with Crippen LogP contribution < -0.4 is 11.0 Å². The first-order valence-electron chi connectivity index (χ1n) is 9.33. The van der Waals surface area contributed by atoms with E-state index in [-0.39, 0.29) is 18.8 Å². The molecule has 0 aliphatic carbocycles. The molecular formula is C21H18ClN3O4S. The molecule has 154 valence electrons. The number of aromatic amines is 1.